The highest BCUT2D eigenvalue weighted by Crippen LogP contribution is 2.29. The van der Waals surface area contributed by atoms with E-state index in [1.807, 2.05) is 0 Å². The van der Waals surface area contributed by atoms with Crippen LogP contribution in [0.25, 0.3) is 6.08 Å². The van der Waals surface area contributed by atoms with E-state index < -0.39 is 11.7 Å². The molecule has 0 amide bonds. The van der Waals surface area contributed by atoms with Gasteiger partial charge in [-0.15, -0.1) is 0 Å². The predicted octanol–water partition coefficient (Wildman–Crippen LogP) is 4.81. The third kappa shape index (κ3) is 3.62. The Morgan fingerprint density at radius 1 is 1.14 bits per heavy atom. The zero-order chi connectivity index (χ0) is 15.6. The summed E-state index contributed by atoms with van der Waals surface area (Å²) in [5.41, 5.74) is 0.261. The topological polar surface area (TPSA) is 30.2 Å². The summed E-state index contributed by atoms with van der Waals surface area (Å²) in [6.45, 7) is 3.43. The number of halogens is 3. The second-order valence-corrected chi connectivity index (χ2v) is 4.64. The summed E-state index contributed by atoms with van der Waals surface area (Å²) in [5, 5.41) is 0. The second kappa shape index (κ2) is 5.60. The van der Waals surface area contributed by atoms with Crippen molar-refractivity contribution < 1.29 is 22.4 Å². The van der Waals surface area contributed by atoms with Gasteiger partial charge in [-0.25, -0.2) is 0 Å². The first-order chi connectivity index (χ1) is 9.77. The molecule has 2 rings (SSSR count). The number of alkyl halides is 3. The number of carbonyl (C=O) groups excluding carboxylic acids is 1. The van der Waals surface area contributed by atoms with Crippen molar-refractivity contribution in [2.75, 3.05) is 0 Å². The first kappa shape index (κ1) is 15.1. The van der Waals surface area contributed by atoms with Crippen LogP contribution in [-0.4, -0.2) is 5.78 Å². The molecule has 0 aliphatic heterocycles. The van der Waals surface area contributed by atoms with Crippen molar-refractivity contribution in [2.24, 2.45) is 0 Å². The van der Waals surface area contributed by atoms with Crippen molar-refractivity contribution in [1.82, 2.24) is 0 Å². The third-order valence-electron chi connectivity index (χ3n) is 2.97. The Hall–Kier alpha value is -2.30. The molecule has 0 aliphatic rings. The molecule has 0 aliphatic carbocycles. The van der Waals surface area contributed by atoms with E-state index in [4.69, 9.17) is 4.42 Å². The fourth-order valence-corrected chi connectivity index (χ4v) is 1.92. The molecule has 2 aromatic rings. The summed E-state index contributed by atoms with van der Waals surface area (Å²) < 4.78 is 42.5. The number of hydrogen-bond donors (Lipinski definition) is 0. The van der Waals surface area contributed by atoms with Gasteiger partial charge in [0.1, 0.15) is 11.5 Å². The highest BCUT2D eigenvalue weighted by atomic mass is 19.4. The smallest absolute Gasteiger partial charge is 0.416 e. The van der Waals surface area contributed by atoms with Gasteiger partial charge in [-0.3, -0.25) is 4.79 Å². The zero-order valence-corrected chi connectivity index (χ0v) is 11.5. The van der Waals surface area contributed by atoms with E-state index in [0.717, 1.165) is 12.1 Å². The number of benzene rings is 1. The van der Waals surface area contributed by atoms with Gasteiger partial charge in [0.05, 0.1) is 11.1 Å². The fraction of sp³-hybridized carbons (Fsp3) is 0.188. The van der Waals surface area contributed by atoms with Gasteiger partial charge in [-0.05, 0) is 43.7 Å². The van der Waals surface area contributed by atoms with Crippen LogP contribution in [0.15, 0.2) is 40.8 Å². The van der Waals surface area contributed by atoms with E-state index in [9.17, 15) is 18.0 Å². The molecule has 0 bridgehead atoms. The first-order valence-corrected chi connectivity index (χ1v) is 6.24. The van der Waals surface area contributed by atoms with Gasteiger partial charge in [-0.2, -0.15) is 13.2 Å². The summed E-state index contributed by atoms with van der Waals surface area (Å²) in [5.74, 6) is 0.914. The van der Waals surface area contributed by atoms with Gasteiger partial charge in [0.2, 0.25) is 0 Å². The Kier molecular flexibility index (Phi) is 4.02. The lowest BCUT2D eigenvalue weighted by atomic mass is 10.1. The Labute approximate surface area is 119 Å². The van der Waals surface area contributed by atoms with Crippen molar-refractivity contribution >= 4 is 11.9 Å². The molecule has 1 aromatic heterocycles. The summed E-state index contributed by atoms with van der Waals surface area (Å²) in [4.78, 5) is 12.0. The number of aryl methyl sites for hydroxylation is 2. The highest BCUT2D eigenvalue weighted by molar-refractivity contribution is 6.07. The van der Waals surface area contributed by atoms with Crippen LogP contribution in [0, 0.1) is 13.8 Å². The predicted molar refractivity (Wildman–Crippen MR) is 73.0 cm³/mol. The molecule has 2 nitrogen and oxygen atoms in total. The number of rotatable bonds is 3. The van der Waals surface area contributed by atoms with Crippen LogP contribution in [-0.2, 0) is 6.18 Å². The second-order valence-electron chi connectivity index (χ2n) is 4.64. The first-order valence-electron chi connectivity index (χ1n) is 6.24. The standard InChI is InChI=1S/C16H13F3O2/c1-10-9-14(11(2)21-10)15(20)8-5-12-3-6-13(7-4-12)16(17,18)19/h3-9H,1-2H3/b8-5+. The molecular formula is C16H13F3O2. The lowest BCUT2D eigenvalue weighted by Gasteiger charge is -2.05. The van der Waals surface area contributed by atoms with Crippen LogP contribution in [0.5, 0.6) is 0 Å². The minimum absolute atomic E-state index is 0.246. The van der Waals surface area contributed by atoms with Gasteiger partial charge in [0.15, 0.2) is 5.78 Å². The van der Waals surface area contributed by atoms with Gasteiger partial charge < -0.3 is 4.42 Å². The molecule has 0 radical (unpaired) electrons. The average molecular weight is 294 g/mol. The Balaban J connectivity index is 2.14. The van der Waals surface area contributed by atoms with Crippen LogP contribution in [0.4, 0.5) is 13.2 Å². The summed E-state index contributed by atoms with van der Waals surface area (Å²) >= 11 is 0. The van der Waals surface area contributed by atoms with Crippen LogP contribution in [0.1, 0.15) is 33.0 Å². The monoisotopic (exact) mass is 294 g/mol. The lowest BCUT2D eigenvalue weighted by Crippen LogP contribution is -2.04. The lowest BCUT2D eigenvalue weighted by molar-refractivity contribution is -0.137. The molecule has 0 spiro atoms. The molecule has 21 heavy (non-hydrogen) atoms. The minimum atomic E-state index is -4.36. The highest BCUT2D eigenvalue weighted by Gasteiger charge is 2.29. The van der Waals surface area contributed by atoms with E-state index in [1.165, 1.54) is 24.3 Å². The van der Waals surface area contributed by atoms with Crippen molar-refractivity contribution in [1.29, 1.82) is 0 Å². The molecule has 110 valence electrons. The van der Waals surface area contributed by atoms with E-state index in [-0.39, 0.29) is 5.78 Å². The quantitative estimate of drug-likeness (QED) is 0.600. The van der Waals surface area contributed by atoms with Gasteiger partial charge in [0.25, 0.3) is 0 Å². The molecule has 0 atom stereocenters. The Bertz CT molecular complexity index is 677. The summed E-state index contributed by atoms with van der Waals surface area (Å²) in [6.07, 6.45) is -1.56. The molecule has 0 unspecified atom stereocenters. The van der Waals surface area contributed by atoms with Crippen LogP contribution >= 0.6 is 0 Å². The Morgan fingerprint density at radius 3 is 2.24 bits per heavy atom. The number of furan rings is 1. The maximum atomic E-state index is 12.4. The van der Waals surface area contributed by atoms with Gasteiger partial charge in [-0.1, -0.05) is 18.2 Å². The largest absolute Gasteiger partial charge is 0.466 e. The molecule has 0 N–H and O–H groups in total. The number of hydrogen-bond acceptors (Lipinski definition) is 2. The summed E-state index contributed by atoms with van der Waals surface area (Å²) in [7, 11) is 0. The van der Waals surface area contributed by atoms with Gasteiger partial charge in [0, 0.05) is 0 Å². The maximum absolute atomic E-state index is 12.4. The Morgan fingerprint density at radius 2 is 1.76 bits per heavy atom. The van der Waals surface area contributed by atoms with Crippen LogP contribution in [0.3, 0.4) is 0 Å². The molecule has 1 aromatic carbocycles. The molecule has 0 saturated carbocycles. The van der Waals surface area contributed by atoms with E-state index in [0.29, 0.717) is 22.6 Å². The van der Waals surface area contributed by atoms with Gasteiger partial charge >= 0.3 is 6.18 Å². The van der Waals surface area contributed by atoms with Crippen LogP contribution < -0.4 is 0 Å². The number of allylic oxidation sites excluding steroid dienone is 1. The SMILES string of the molecule is Cc1cc(C(=O)/C=C/c2ccc(C(F)(F)F)cc2)c(C)o1. The van der Waals surface area contributed by atoms with Crippen molar-refractivity contribution in [3.8, 4) is 0 Å². The van der Waals surface area contributed by atoms with Crippen LogP contribution in [0.2, 0.25) is 0 Å². The molecule has 1 heterocycles. The molecule has 5 heteroatoms. The maximum Gasteiger partial charge on any atom is 0.416 e. The fourth-order valence-electron chi connectivity index (χ4n) is 1.92. The van der Waals surface area contributed by atoms with Crippen molar-refractivity contribution in [3.05, 3.63) is 64.6 Å². The van der Waals surface area contributed by atoms with E-state index >= 15 is 0 Å². The number of ketones is 1. The minimum Gasteiger partial charge on any atom is -0.466 e. The average Bonchev–Trinajstić information content (AvgIpc) is 2.74. The van der Waals surface area contributed by atoms with Crippen molar-refractivity contribution in [2.45, 2.75) is 20.0 Å². The molecule has 0 saturated heterocycles. The summed E-state index contributed by atoms with van der Waals surface area (Å²) in [6, 6.07) is 6.24. The van der Waals surface area contributed by atoms with E-state index in [1.54, 1.807) is 19.9 Å². The third-order valence-corrected chi connectivity index (χ3v) is 2.97. The number of carbonyl (C=O) groups is 1. The van der Waals surface area contributed by atoms with Crippen molar-refractivity contribution in [3.63, 3.8) is 0 Å². The van der Waals surface area contributed by atoms with E-state index in [2.05, 4.69) is 0 Å². The normalized spacial score (nSPS) is 12.0. The zero-order valence-electron chi connectivity index (χ0n) is 11.5. The molecular weight excluding hydrogens is 281 g/mol. The molecule has 0 fully saturated rings.